The third-order valence-corrected chi connectivity index (χ3v) is 3.57. The van der Waals surface area contributed by atoms with Crippen LogP contribution in [0.4, 0.5) is 0 Å². The summed E-state index contributed by atoms with van der Waals surface area (Å²) >= 11 is 1.99. The van der Waals surface area contributed by atoms with E-state index in [2.05, 4.69) is 0 Å². The van der Waals surface area contributed by atoms with Gasteiger partial charge in [-0.2, -0.15) is 11.8 Å². The van der Waals surface area contributed by atoms with E-state index in [0.717, 1.165) is 19.6 Å². The maximum Gasteiger partial charge on any atom is 0.0534 e. The van der Waals surface area contributed by atoms with Gasteiger partial charge in [-0.3, -0.25) is 0 Å². The van der Waals surface area contributed by atoms with Gasteiger partial charge in [-0.15, -0.1) is 0 Å². The van der Waals surface area contributed by atoms with Crippen molar-refractivity contribution >= 4 is 11.8 Å². The Kier molecular flexibility index (Phi) is 3.01. The molecule has 1 aliphatic rings. The zero-order valence-corrected chi connectivity index (χ0v) is 7.25. The highest BCUT2D eigenvalue weighted by molar-refractivity contribution is 8.00. The molecule has 0 atom stereocenters. The molecule has 0 amide bonds. The van der Waals surface area contributed by atoms with Crippen LogP contribution in [0.15, 0.2) is 0 Å². The Hall–Kier alpha value is 0.270. The van der Waals surface area contributed by atoms with Gasteiger partial charge in [-0.25, -0.2) is 0 Å². The third-order valence-electron chi connectivity index (χ3n) is 1.94. The molecule has 0 aromatic heterocycles. The van der Waals surface area contributed by atoms with Crippen LogP contribution in [0.1, 0.15) is 6.42 Å². The lowest BCUT2D eigenvalue weighted by atomic mass is 9.89. The van der Waals surface area contributed by atoms with Crippen LogP contribution in [0.3, 0.4) is 0 Å². The maximum atomic E-state index is 5.49. The minimum absolute atomic E-state index is 0.439. The van der Waals surface area contributed by atoms with Crippen molar-refractivity contribution in [2.45, 2.75) is 6.42 Å². The molecule has 1 rings (SSSR count). The van der Waals surface area contributed by atoms with E-state index in [1.54, 1.807) is 7.11 Å². The Morgan fingerprint density at radius 1 is 1.60 bits per heavy atom. The Labute approximate surface area is 66.5 Å². The van der Waals surface area contributed by atoms with Gasteiger partial charge < -0.3 is 10.5 Å². The minimum atomic E-state index is 0.439. The van der Waals surface area contributed by atoms with Crippen molar-refractivity contribution < 1.29 is 4.74 Å². The summed E-state index contributed by atoms with van der Waals surface area (Å²) in [6.45, 7) is 1.68. The highest BCUT2D eigenvalue weighted by Gasteiger charge is 2.36. The van der Waals surface area contributed by atoms with Crippen LogP contribution >= 0.6 is 11.8 Å². The van der Waals surface area contributed by atoms with E-state index in [-0.39, 0.29) is 0 Å². The number of thioether (sulfide) groups is 1. The molecule has 1 fully saturated rings. The van der Waals surface area contributed by atoms with Gasteiger partial charge in [0.05, 0.1) is 6.61 Å². The Morgan fingerprint density at radius 2 is 2.30 bits per heavy atom. The van der Waals surface area contributed by atoms with E-state index in [9.17, 15) is 0 Å². The summed E-state index contributed by atoms with van der Waals surface area (Å²) in [7, 11) is 1.77. The van der Waals surface area contributed by atoms with E-state index < -0.39 is 0 Å². The second-order valence-electron chi connectivity index (χ2n) is 2.96. The summed E-state index contributed by atoms with van der Waals surface area (Å²) < 4.78 is 5.13. The van der Waals surface area contributed by atoms with Gasteiger partial charge in [0.25, 0.3) is 0 Å². The van der Waals surface area contributed by atoms with Crippen LogP contribution in [-0.4, -0.2) is 31.8 Å². The smallest absolute Gasteiger partial charge is 0.0534 e. The molecule has 0 unspecified atom stereocenters. The highest BCUT2D eigenvalue weighted by Crippen LogP contribution is 2.40. The molecule has 2 N–H and O–H groups in total. The van der Waals surface area contributed by atoms with Crippen LogP contribution < -0.4 is 5.73 Å². The average Bonchev–Trinajstić information content (AvgIpc) is 1.84. The molecule has 0 bridgehead atoms. The molecule has 0 saturated carbocycles. The zero-order chi connectivity index (χ0) is 7.45. The van der Waals surface area contributed by atoms with Crippen molar-refractivity contribution in [3.63, 3.8) is 0 Å². The molecule has 1 heterocycles. The van der Waals surface area contributed by atoms with Gasteiger partial charge in [0.15, 0.2) is 0 Å². The lowest BCUT2D eigenvalue weighted by Crippen LogP contribution is -2.41. The summed E-state index contributed by atoms with van der Waals surface area (Å²) in [6, 6.07) is 0. The van der Waals surface area contributed by atoms with Crippen LogP contribution in [0, 0.1) is 5.41 Å². The number of methoxy groups -OCH3 is 1. The minimum Gasteiger partial charge on any atom is -0.384 e. The fourth-order valence-electron chi connectivity index (χ4n) is 1.30. The monoisotopic (exact) mass is 161 g/mol. The average molecular weight is 161 g/mol. The largest absolute Gasteiger partial charge is 0.384 e. The van der Waals surface area contributed by atoms with Gasteiger partial charge >= 0.3 is 0 Å². The van der Waals surface area contributed by atoms with Crippen LogP contribution in [-0.2, 0) is 4.74 Å². The quantitative estimate of drug-likeness (QED) is 0.659. The first kappa shape index (κ1) is 8.37. The Bertz CT molecular complexity index is 95.8. The Morgan fingerprint density at radius 3 is 2.60 bits per heavy atom. The molecule has 0 aromatic carbocycles. The summed E-state index contributed by atoms with van der Waals surface area (Å²) in [5.41, 5.74) is 5.93. The van der Waals surface area contributed by atoms with Crippen molar-refractivity contribution in [2.75, 3.05) is 31.8 Å². The maximum absolute atomic E-state index is 5.49. The molecule has 0 aliphatic carbocycles. The Balaban J connectivity index is 2.27. The van der Waals surface area contributed by atoms with Crippen LogP contribution in [0.5, 0.6) is 0 Å². The van der Waals surface area contributed by atoms with E-state index >= 15 is 0 Å². The van der Waals surface area contributed by atoms with Gasteiger partial charge in [0.1, 0.15) is 0 Å². The van der Waals surface area contributed by atoms with Gasteiger partial charge in [-0.1, -0.05) is 0 Å². The fourth-order valence-corrected chi connectivity index (χ4v) is 2.54. The summed E-state index contributed by atoms with van der Waals surface area (Å²) in [4.78, 5) is 0. The van der Waals surface area contributed by atoms with Gasteiger partial charge in [-0.05, 0) is 13.0 Å². The first-order chi connectivity index (χ1) is 4.83. The van der Waals surface area contributed by atoms with Crippen molar-refractivity contribution in [3.05, 3.63) is 0 Å². The number of nitrogens with two attached hydrogens (primary N) is 1. The van der Waals surface area contributed by atoms with Crippen molar-refractivity contribution in [1.29, 1.82) is 0 Å². The molecule has 0 spiro atoms. The van der Waals surface area contributed by atoms with E-state index in [0.29, 0.717) is 5.41 Å². The lowest BCUT2D eigenvalue weighted by molar-refractivity contribution is 0.0990. The molecule has 60 valence electrons. The van der Waals surface area contributed by atoms with Gasteiger partial charge in [0, 0.05) is 24.0 Å². The van der Waals surface area contributed by atoms with Crippen molar-refractivity contribution in [3.8, 4) is 0 Å². The summed E-state index contributed by atoms with van der Waals surface area (Å²) in [5, 5.41) is 0. The molecule has 1 aliphatic heterocycles. The third kappa shape index (κ3) is 1.65. The predicted octanol–water partition coefficient (Wildman–Crippen LogP) is 0.715. The predicted molar refractivity (Wildman–Crippen MR) is 45.3 cm³/mol. The summed E-state index contributed by atoms with van der Waals surface area (Å²) in [5.74, 6) is 2.47. The standard InChI is InChI=1S/C7H15NOS/c1-9-4-7(2-3-8)5-10-6-7/h2-6,8H2,1H3. The number of hydrogen-bond acceptors (Lipinski definition) is 3. The number of ether oxygens (including phenoxy) is 1. The molecular weight excluding hydrogens is 146 g/mol. The van der Waals surface area contributed by atoms with Crippen molar-refractivity contribution in [2.24, 2.45) is 11.1 Å². The molecule has 2 nitrogen and oxygen atoms in total. The molecule has 0 aromatic rings. The number of hydrogen-bond donors (Lipinski definition) is 1. The van der Waals surface area contributed by atoms with E-state index in [4.69, 9.17) is 10.5 Å². The highest BCUT2D eigenvalue weighted by atomic mass is 32.2. The molecule has 0 radical (unpaired) electrons. The van der Waals surface area contributed by atoms with Crippen LogP contribution in [0.2, 0.25) is 0 Å². The second kappa shape index (κ2) is 3.60. The van der Waals surface area contributed by atoms with E-state index in [1.165, 1.54) is 11.5 Å². The lowest BCUT2D eigenvalue weighted by Gasteiger charge is -2.40. The molecule has 3 heteroatoms. The number of rotatable bonds is 4. The zero-order valence-electron chi connectivity index (χ0n) is 6.43. The summed E-state index contributed by atoms with van der Waals surface area (Å²) in [6.07, 6.45) is 1.12. The first-order valence-corrected chi connectivity index (χ1v) is 4.75. The fraction of sp³-hybridized carbons (Fsp3) is 1.00. The second-order valence-corrected chi connectivity index (χ2v) is 3.95. The molecular formula is C7H15NOS. The van der Waals surface area contributed by atoms with Crippen molar-refractivity contribution in [1.82, 2.24) is 0 Å². The molecule has 10 heavy (non-hydrogen) atoms. The first-order valence-electron chi connectivity index (χ1n) is 3.60. The topological polar surface area (TPSA) is 35.2 Å². The van der Waals surface area contributed by atoms with E-state index in [1.807, 2.05) is 11.8 Å². The SMILES string of the molecule is COCC1(CCN)CSC1. The molecule has 1 saturated heterocycles. The van der Waals surface area contributed by atoms with Crippen LogP contribution in [0.25, 0.3) is 0 Å². The van der Waals surface area contributed by atoms with Gasteiger partial charge in [0.2, 0.25) is 0 Å². The normalized spacial score (nSPS) is 22.2.